The van der Waals surface area contributed by atoms with Crippen molar-refractivity contribution in [3.05, 3.63) is 34.8 Å². The molecule has 12 heteroatoms. The maximum atomic E-state index is 11.6. The summed E-state index contributed by atoms with van der Waals surface area (Å²) in [4.78, 5) is 50.2. The Morgan fingerprint density at radius 3 is 1.45 bits per heavy atom. The molecular weight excluding hydrogens is 396 g/mol. The number of aliphatic hydroxyl groups is 2. The molecular formula is C17H20O12. The van der Waals surface area contributed by atoms with Crippen molar-refractivity contribution in [2.24, 2.45) is 0 Å². The van der Waals surface area contributed by atoms with Gasteiger partial charge in [-0.3, -0.25) is 24.0 Å². The Balaban J connectivity index is 0. The number of benzene rings is 1. The highest BCUT2D eigenvalue weighted by Crippen LogP contribution is 2.34. The molecule has 2 rings (SSSR count). The van der Waals surface area contributed by atoms with E-state index in [4.69, 9.17) is 34.4 Å². The Kier molecular flexibility index (Phi) is 11.5. The van der Waals surface area contributed by atoms with Gasteiger partial charge in [-0.25, -0.2) is 0 Å². The zero-order valence-electron chi connectivity index (χ0n) is 15.8. The molecule has 0 atom stereocenters. The van der Waals surface area contributed by atoms with Crippen LogP contribution in [0.1, 0.15) is 41.5 Å². The second-order valence-corrected chi connectivity index (χ2v) is 4.98. The van der Waals surface area contributed by atoms with E-state index in [1.807, 2.05) is 0 Å². The molecule has 0 unspecified atom stereocenters. The predicted molar refractivity (Wildman–Crippen MR) is 95.5 cm³/mol. The molecule has 29 heavy (non-hydrogen) atoms. The van der Waals surface area contributed by atoms with Crippen LogP contribution in [0.2, 0.25) is 0 Å². The van der Waals surface area contributed by atoms with Crippen molar-refractivity contribution in [2.75, 3.05) is 7.11 Å². The monoisotopic (exact) mass is 416 g/mol. The number of carboxylic acids is 3. The first-order chi connectivity index (χ1) is 13.2. The van der Waals surface area contributed by atoms with E-state index >= 15 is 0 Å². The second kappa shape index (κ2) is 12.3. The molecule has 0 fully saturated rings. The first kappa shape index (κ1) is 27.1. The number of hydrogen-bond acceptors (Lipinski definition) is 9. The predicted octanol–water partition coefficient (Wildman–Crippen LogP) is 1.38. The smallest absolute Gasteiger partial charge is 0.300 e. The van der Waals surface area contributed by atoms with Gasteiger partial charge in [-0.2, -0.15) is 0 Å². The Bertz CT molecular complexity index is 795. The third kappa shape index (κ3) is 9.98. The molecule has 0 aliphatic heterocycles. The Labute approximate surface area is 163 Å². The van der Waals surface area contributed by atoms with Gasteiger partial charge >= 0.3 is 0 Å². The molecule has 0 saturated heterocycles. The average Bonchev–Trinajstić information content (AvgIpc) is 2.55. The van der Waals surface area contributed by atoms with Crippen LogP contribution in [0.5, 0.6) is 11.5 Å². The van der Waals surface area contributed by atoms with Crippen LogP contribution in [0, 0.1) is 0 Å². The van der Waals surface area contributed by atoms with Gasteiger partial charge in [0, 0.05) is 32.4 Å². The van der Waals surface area contributed by atoms with Crippen molar-refractivity contribution in [3.8, 4) is 11.5 Å². The number of aliphatic carboxylic acids is 3. The fraction of sp³-hybridized carbons (Fsp3) is 0.235. The van der Waals surface area contributed by atoms with Gasteiger partial charge in [0.25, 0.3) is 17.9 Å². The zero-order valence-corrected chi connectivity index (χ0v) is 15.8. The average molecular weight is 416 g/mol. The van der Waals surface area contributed by atoms with E-state index in [1.165, 1.54) is 13.2 Å². The molecule has 1 aliphatic carbocycles. The van der Waals surface area contributed by atoms with Crippen LogP contribution in [0.25, 0.3) is 0 Å². The van der Waals surface area contributed by atoms with E-state index in [0.717, 1.165) is 26.8 Å². The lowest BCUT2D eigenvalue weighted by atomic mass is 9.91. The van der Waals surface area contributed by atoms with E-state index < -0.39 is 46.7 Å². The number of carboxylic acid groups (broad SMARTS) is 3. The minimum atomic E-state index is -1.07. The lowest BCUT2D eigenvalue weighted by Crippen LogP contribution is -2.22. The first-order valence-electron chi connectivity index (χ1n) is 7.38. The number of methoxy groups -OCH3 is 1. The molecule has 0 heterocycles. The second-order valence-electron chi connectivity index (χ2n) is 4.98. The molecule has 12 nitrogen and oxygen atoms in total. The van der Waals surface area contributed by atoms with Gasteiger partial charge in [0.15, 0.2) is 0 Å². The SMILES string of the molecule is CC(=O)O.CC(=O)O.CC(=O)O.COc1cc(O)c2c(c1)C(=O)C(O)=C(O)C2=O. The minimum absolute atomic E-state index is 0.164. The Hall–Kier alpha value is -4.09. The molecule has 0 radical (unpaired) electrons. The van der Waals surface area contributed by atoms with Crippen molar-refractivity contribution in [3.63, 3.8) is 0 Å². The summed E-state index contributed by atoms with van der Waals surface area (Å²) in [6.07, 6.45) is 0. The van der Waals surface area contributed by atoms with Crippen molar-refractivity contribution < 1.29 is 59.3 Å². The number of fused-ring (bicyclic) bond motifs is 1. The van der Waals surface area contributed by atoms with E-state index in [-0.39, 0.29) is 16.9 Å². The number of Topliss-reactive ketones (excluding diaryl/α,β-unsaturated/α-hetero) is 2. The maximum Gasteiger partial charge on any atom is 0.300 e. The van der Waals surface area contributed by atoms with E-state index in [2.05, 4.69) is 0 Å². The van der Waals surface area contributed by atoms with Gasteiger partial charge in [-0.15, -0.1) is 0 Å². The summed E-state index contributed by atoms with van der Waals surface area (Å²) in [5, 5.41) is 50.3. The summed E-state index contributed by atoms with van der Waals surface area (Å²) >= 11 is 0. The molecule has 160 valence electrons. The molecule has 0 amide bonds. The van der Waals surface area contributed by atoms with E-state index in [1.54, 1.807) is 0 Å². The molecule has 1 aliphatic rings. The number of rotatable bonds is 1. The van der Waals surface area contributed by atoms with Crippen molar-refractivity contribution in [2.45, 2.75) is 20.8 Å². The molecule has 1 aromatic carbocycles. The maximum absolute atomic E-state index is 11.6. The standard InChI is InChI=1S/C11H8O6.3C2H4O2/c1-17-4-2-5-7(6(12)3-4)9(14)11(16)10(15)8(5)13;3*1-2(3)4/h2-3,12,15-16H,1H3;3*1H3,(H,3,4). The number of ketones is 2. The van der Waals surface area contributed by atoms with Crippen LogP contribution in [0.3, 0.4) is 0 Å². The highest BCUT2D eigenvalue weighted by molar-refractivity contribution is 6.26. The number of carbonyl (C=O) groups is 5. The lowest BCUT2D eigenvalue weighted by Gasteiger charge is -2.16. The fourth-order valence-corrected chi connectivity index (χ4v) is 1.60. The van der Waals surface area contributed by atoms with Gasteiger partial charge in [0.1, 0.15) is 11.5 Å². The number of hydrogen-bond donors (Lipinski definition) is 6. The van der Waals surface area contributed by atoms with E-state index in [0.29, 0.717) is 0 Å². The number of phenols is 1. The number of aliphatic hydroxyl groups excluding tert-OH is 2. The lowest BCUT2D eigenvalue weighted by molar-refractivity contribution is -0.135. The third-order valence-electron chi connectivity index (χ3n) is 2.45. The van der Waals surface area contributed by atoms with Gasteiger partial charge in [-0.05, 0) is 6.07 Å². The summed E-state index contributed by atoms with van der Waals surface area (Å²) < 4.78 is 4.82. The van der Waals surface area contributed by atoms with Crippen LogP contribution in [0.4, 0.5) is 0 Å². The zero-order chi connectivity index (χ0) is 23.5. The summed E-state index contributed by atoms with van der Waals surface area (Å²) in [6, 6.07) is 2.34. The van der Waals surface area contributed by atoms with Crippen molar-refractivity contribution >= 4 is 29.5 Å². The quantitative estimate of drug-likeness (QED) is 0.382. The largest absolute Gasteiger partial charge is 0.507 e. The highest BCUT2D eigenvalue weighted by Gasteiger charge is 2.35. The normalized spacial score (nSPS) is 11.3. The molecule has 0 saturated carbocycles. The highest BCUT2D eigenvalue weighted by atomic mass is 16.5. The van der Waals surface area contributed by atoms with Crippen molar-refractivity contribution in [1.29, 1.82) is 0 Å². The summed E-state index contributed by atoms with van der Waals surface area (Å²) in [5.74, 6) is -6.87. The molecule has 0 spiro atoms. The topological polar surface area (TPSA) is 216 Å². The van der Waals surface area contributed by atoms with Gasteiger partial charge < -0.3 is 35.4 Å². The fourth-order valence-electron chi connectivity index (χ4n) is 1.60. The molecule has 1 aromatic rings. The van der Waals surface area contributed by atoms with Gasteiger partial charge in [0.05, 0.1) is 12.7 Å². The van der Waals surface area contributed by atoms with Crippen molar-refractivity contribution in [1.82, 2.24) is 0 Å². The third-order valence-corrected chi connectivity index (χ3v) is 2.45. The molecule has 0 bridgehead atoms. The van der Waals surface area contributed by atoms with E-state index in [9.17, 15) is 24.9 Å². The van der Waals surface area contributed by atoms with Crippen LogP contribution >= 0.6 is 0 Å². The number of carbonyl (C=O) groups excluding carboxylic acids is 2. The number of phenolic OH excluding ortho intramolecular Hbond substituents is 1. The number of ether oxygens (including phenoxy) is 1. The van der Waals surface area contributed by atoms with Gasteiger partial charge in [-0.1, -0.05) is 0 Å². The van der Waals surface area contributed by atoms with Crippen LogP contribution in [-0.2, 0) is 14.4 Å². The summed E-state index contributed by atoms with van der Waals surface area (Å²) in [6.45, 7) is 3.25. The minimum Gasteiger partial charge on any atom is -0.507 e. The Morgan fingerprint density at radius 2 is 1.10 bits per heavy atom. The summed E-state index contributed by atoms with van der Waals surface area (Å²) in [7, 11) is 1.32. The molecule has 6 N–H and O–H groups in total. The van der Waals surface area contributed by atoms with Gasteiger partial charge in [0.2, 0.25) is 23.1 Å². The number of aromatic hydroxyl groups is 1. The van der Waals surface area contributed by atoms with Crippen LogP contribution < -0.4 is 4.74 Å². The van der Waals surface area contributed by atoms with Crippen LogP contribution in [-0.4, -0.2) is 67.2 Å². The Morgan fingerprint density at radius 1 is 0.759 bits per heavy atom. The summed E-state index contributed by atoms with van der Waals surface area (Å²) in [5.41, 5.74) is -0.548. The molecule has 0 aromatic heterocycles. The van der Waals surface area contributed by atoms with Crippen LogP contribution in [0.15, 0.2) is 23.7 Å². The first-order valence-corrected chi connectivity index (χ1v) is 7.38. The number of allylic oxidation sites excluding steroid dienone is 2.